The zero-order valence-electron chi connectivity index (χ0n) is 13.2. The summed E-state index contributed by atoms with van der Waals surface area (Å²) in [5.74, 6) is -1.34. The smallest absolute Gasteiger partial charge is 0.416 e. The van der Waals surface area contributed by atoms with Crippen molar-refractivity contribution in [2.24, 2.45) is 0 Å². The molecule has 1 aliphatic heterocycles. The van der Waals surface area contributed by atoms with Gasteiger partial charge in [0.1, 0.15) is 5.75 Å². The second-order valence-corrected chi connectivity index (χ2v) is 7.86. The first kappa shape index (κ1) is 18.2. The van der Waals surface area contributed by atoms with E-state index in [9.17, 15) is 26.4 Å². The van der Waals surface area contributed by atoms with E-state index in [2.05, 4.69) is 0 Å². The number of sulfone groups is 1. The molecule has 26 heavy (non-hydrogen) atoms. The molecule has 0 radical (unpaired) electrons. The molecule has 0 saturated carbocycles. The summed E-state index contributed by atoms with van der Waals surface area (Å²) in [4.78, 5) is 10.9. The van der Waals surface area contributed by atoms with Crippen LogP contribution < -0.4 is 4.74 Å². The number of aliphatic carboxylic acids is 1. The Balaban J connectivity index is 2.11. The number of alkyl halides is 3. The summed E-state index contributed by atoms with van der Waals surface area (Å²) < 4.78 is 68.0. The number of hydrogen-bond donors (Lipinski definition) is 1. The largest absolute Gasteiger partial charge is 0.481 e. The van der Waals surface area contributed by atoms with E-state index < -0.39 is 34.2 Å². The maximum Gasteiger partial charge on any atom is 0.416 e. The first-order valence-electron chi connectivity index (χ1n) is 7.50. The summed E-state index contributed by atoms with van der Waals surface area (Å²) in [5.41, 5.74) is -0.0205. The predicted molar refractivity (Wildman–Crippen MR) is 85.8 cm³/mol. The Bertz CT molecular complexity index is 980. The van der Waals surface area contributed by atoms with Crippen molar-refractivity contribution in [3.8, 4) is 16.9 Å². The molecule has 2 aromatic carbocycles. The monoisotopic (exact) mass is 386 g/mol. The van der Waals surface area contributed by atoms with Crippen LogP contribution in [0.15, 0.2) is 41.3 Å². The predicted octanol–water partition coefficient (Wildman–Crippen LogP) is 3.17. The topological polar surface area (TPSA) is 80.7 Å². The van der Waals surface area contributed by atoms with Gasteiger partial charge in [-0.2, -0.15) is 13.2 Å². The van der Waals surface area contributed by atoms with Crippen LogP contribution in [0.5, 0.6) is 5.75 Å². The van der Waals surface area contributed by atoms with Gasteiger partial charge in [0.25, 0.3) is 0 Å². The summed E-state index contributed by atoms with van der Waals surface area (Å²) in [7, 11) is -3.36. The third kappa shape index (κ3) is 3.52. The zero-order chi connectivity index (χ0) is 19.1. The van der Waals surface area contributed by atoms with Crippen molar-refractivity contribution >= 4 is 15.8 Å². The molecule has 2 aromatic rings. The minimum atomic E-state index is -4.58. The summed E-state index contributed by atoms with van der Waals surface area (Å²) in [6.07, 6.45) is -4.31. The van der Waals surface area contributed by atoms with Crippen LogP contribution in [0.3, 0.4) is 0 Å². The van der Waals surface area contributed by atoms with Gasteiger partial charge < -0.3 is 9.84 Å². The Labute approximate surface area is 146 Å². The van der Waals surface area contributed by atoms with Crippen LogP contribution >= 0.6 is 0 Å². The van der Waals surface area contributed by atoms with Gasteiger partial charge in [-0.3, -0.25) is 0 Å². The first-order chi connectivity index (χ1) is 12.1. The molecular weight excluding hydrogens is 373 g/mol. The number of hydrogen-bond acceptors (Lipinski definition) is 4. The van der Waals surface area contributed by atoms with Crippen molar-refractivity contribution < 1.29 is 36.2 Å². The summed E-state index contributed by atoms with van der Waals surface area (Å²) in [5, 5.41) is 8.73. The Morgan fingerprint density at radius 1 is 1.15 bits per heavy atom. The number of rotatable bonds is 4. The average molecular weight is 386 g/mol. The van der Waals surface area contributed by atoms with Gasteiger partial charge in [0, 0.05) is 5.56 Å². The molecule has 0 aromatic heterocycles. The van der Waals surface area contributed by atoms with Crippen LogP contribution in [-0.2, 0) is 27.2 Å². The maximum absolute atomic E-state index is 13.0. The number of ether oxygens (including phenoxy) is 1. The molecule has 5 nitrogen and oxygen atoms in total. The first-order valence-corrected chi connectivity index (χ1v) is 9.15. The van der Waals surface area contributed by atoms with Gasteiger partial charge in [-0.05, 0) is 47.9 Å². The van der Waals surface area contributed by atoms with E-state index in [4.69, 9.17) is 9.84 Å². The SMILES string of the molecule is O=C(O)COc1ccc(C(F)(F)F)cc1-c1ccc2c(c1)CCS2(=O)=O. The molecule has 0 unspecified atom stereocenters. The van der Waals surface area contributed by atoms with Crippen LogP contribution in [-0.4, -0.2) is 31.9 Å². The second kappa shape index (κ2) is 6.31. The highest BCUT2D eigenvalue weighted by molar-refractivity contribution is 7.91. The van der Waals surface area contributed by atoms with Crippen LogP contribution in [0, 0.1) is 0 Å². The summed E-state index contributed by atoms with van der Waals surface area (Å²) in [6.45, 7) is -0.711. The third-order valence-electron chi connectivity index (χ3n) is 4.00. The highest BCUT2D eigenvalue weighted by atomic mass is 32.2. The van der Waals surface area contributed by atoms with Crippen molar-refractivity contribution in [2.75, 3.05) is 12.4 Å². The van der Waals surface area contributed by atoms with E-state index >= 15 is 0 Å². The van der Waals surface area contributed by atoms with Crippen LogP contribution in [0.25, 0.3) is 11.1 Å². The van der Waals surface area contributed by atoms with Gasteiger partial charge in [-0.15, -0.1) is 0 Å². The molecular formula is C17H13F3O5S. The zero-order valence-corrected chi connectivity index (χ0v) is 14.0. The van der Waals surface area contributed by atoms with Crippen molar-refractivity contribution in [2.45, 2.75) is 17.5 Å². The number of carboxylic acids is 1. The molecule has 0 fully saturated rings. The van der Waals surface area contributed by atoms with Crippen molar-refractivity contribution in [1.29, 1.82) is 0 Å². The van der Waals surface area contributed by atoms with Gasteiger partial charge in [0.15, 0.2) is 16.4 Å². The second-order valence-electron chi connectivity index (χ2n) is 5.78. The molecule has 0 atom stereocenters. The van der Waals surface area contributed by atoms with E-state index in [0.717, 1.165) is 18.2 Å². The standard InChI is InChI=1S/C17H13F3O5S/c18-17(19,20)12-2-3-14(25-9-16(21)22)13(8-12)10-1-4-15-11(7-10)5-6-26(15,23)24/h1-4,7-8H,5-6,9H2,(H,21,22). The van der Waals surface area contributed by atoms with Gasteiger partial charge in [-0.25, -0.2) is 13.2 Å². The number of fused-ring (bicyclic) bond motifs is 1. The van der Waals surface area contributed by atoms with Crippen LogP contribution in [0.2, 0.25) is 0 Å². The van der Waals surface area contributed by atoms with Crippen molar-refractivity contribution in [3.05, 3.63) is 47.5 Å². The molecule has 1 N–H and O–H groups in total. The fourth-order valence-corrected chi connectivity index (χ4v) is 4.34. The minimum Gasteiger partial charge on any atom is -0.481 e. The molecule has 1 aliphatic rings. The Morgan fingerprint density at radius 2 is 1.88 bits per heavy atom. The molecule has 3 rings (SSSR count). The highest BCUT2D eigenvalue weighted by Crippen LogP contribution is 2.39. The van der Waals surface area contributed by atoms with Crippen LogP contribution in [0.4, 0.5) is 13.2 Å². The number of carboxylic acid groups (broad SMARTS) is 1. The lowest BCUT2D eigenvalue weighted by atomic mass is 9.99. The lowest BCUT2D eigenvalue weighted by Gasteiger charge is -2.14. The molecule has 0 saturated heterocycles. The van der Waals surface area contributed by atoms with E-state index in [-0.39, 0.29) is 28.4 Å². The summed E-state index contributed by atoms with van der Waals surface area (Å²) in [6, 6.07) is 6.98. The lowest BCUT2D eigenvalue weighted by Crippen LogP contribution is -2.11. The molecule has 1 heterocycles. The van der Waals surface area contributed by atoms with E-state index in [0.29, 0.717) is 11.1 Å². The van der Waals surface area contributed by atoms with Gasteiger partial charge in [0.2, 0.25) is 0 Å². The third-order valence-corrected chi connectivity index (χ3v) is 5.81. The lowest BCUT2D eigenvalue weighted by molar-refractivity contribution is -0.140. The number of halogens is 3. The average Bonchev–Trinajstić information content (AvgIpc) is 2.86. The molecule has 0 aliphatic carbocycles. The molecule has 0 bridgehead atoms. The number of benzene rings is 2. The van der Waals surface area contributed by atoms with Gasteiger partial charge in [0.05, 0.1) is 16.2 Å². The summed E-state index contributed by atoms with van der Waals surface area (Å²) >= 11 is 0. The Morgan fingerprint density at radius 3 is 2.54 bits per heavy atom. The van der Waals surface area contributed by atoms with Crippen molar-refractivity contribution in [3.63, 3.8) is 0 Å². The maximum atomic E-state index is 13.0. The van der Waals surface area contributed by atoms with Crippen LogP contribution in [0.1, 0.15) is 11.1 Å². The van der Waals surface area contributed by atoms with E-state index in [1.807, 2.05) is 0 Å². The van der Waals surface area contributed by atoms with Gasteiger partial charge >= 0.3 is 12.1 Å². The highest BCUT2D eigenvalue weighted by Gasteiger charge is 2.32. The fraction of sp³-hybridized carbons (Fsp3) is 0.235. The van der Waals surface area contributed by atoms with E-state index in [1.165, 1.54) is 18.2 Å². The molecule has 0 spiro atoms. The van der Waals surface area contributed by atoms with Gasteiger partial charge in [-0.1, -0.05) is 6.07 Å². The molecule has 138 valence electrons. The molecule has 0 amide bonds. The Kier molecular flexibility index (Phi) is 4.43. The molecule has 9 heteroatoms. The van der Waals surface area contributed by atoms with E-state index in [1.54, 1.807) is 0 Å². The van der Waals surface area contributed by atoms with Crippen molar-refractivity contribution in [1.82, 2.24) is 0 Å². The number of carbonyl (C=O) groups is 1. The Hall–Kier alpha value is -2.55. The minimum absolute atomic E-state index is 0.0267. The quantitative estimate of drug-likeness (QED) is 0.873. The number of aryl methyl sites for hydroxylation is 1. The fourth-order valence-electron chi connectivity index (χ4n) is 2.80. The normalized spacial score (nSPS) is 15.5.